The highest BCUT2D eigenvalue weighted by Gasteiger charge is 2.26. The molecule has 12 heteroatoms. The van der Waals surface area contributed by atoms with E-state index in [2.05, 4.69) is 14.8 Å². The molecule has 2 N–H and O–H groups in total. The van der Waals surface area contributed by atoms with Crippen molar-refractivity contribution in [1.82, 2.24) is 4.37 Å². The Hall–Kier alpha value is -2.76. The molecule has 0 atom stereocenters. The molecule has 0 saturated carbocycles. The van der Waals surface area contributed by atoms with Gasteiger partial charge in [-0.3, -0.25) is 10.7 Å². The number of aryl methyl sites for hydroxylation is 1. The molecule has 146 valence electrons. The Kier molecular flexibility index (Phi) is 6.31. The molecule has 2 rings (SSSR count). The minimum Gasteiger partial charge on any atom is -0.450 e. The summed E-state index contributed by atoms with van der Waals surface area (Å²) in [5.74, 6) is -10.6. The van der Waals surface area contributed by atoms with Crippen molar-refractivity contribution in [2.24, 2.45) is 5.10 Å². The molecule has 0 radical (unpaired) electrons. The highest BCUT2D eigenvalue weighted by Crippen LogP contribution is 2.28. The van der Waals surface area contributed by atoms with Crippen LogP contribution in [-0.2, 0) is 4.74 Å². The number of nitrogens with zero attached hydrogens (tertiary/aromatic N) is 2. The van der Waals surface area contributed by atoms with Crippen LogP contribution in [0.3, 0.4) is 0 Å². The van der Waals surface area contributed by atoms with E-state index in [1.54, 1.807) is 13.8 Å². The Morgan fingerprint density at radius 3 is 2.22 bits per heavy atom. The number of hydrogen-bond acceptors (Lipinski definition) is 6. The molecule has 0 bridgehead atoms. The molecule has 2 aromatic rings. The van der Waals surface area contributed by atoms with Crippen LogP contribution in [0.2, 0.25) is 0 Å². The van der Waals surface area contributed by atoms with Gasteiger partial charge in [0.25, 0.3) is 0 Å². The first kappa shape index (κ1) is 20.6. The lowest BCUT2D eigenvalue weighted by Crippen LogP contribution is -2.15. The molecule has 27 heavy (non-hydrogen) atoms. The number of amides is 1. The van der Waals surface area contributed by atoms with Crippen molar-refractivity contribution in [3.8, 4) is 0 Å². The molecular weight excluding hydrogens is 395 g/mol. The number of anilines is 2. The van der Waals surface area contributed by atoms with Crippen molar-refractivity contribution in [3.05, 3.63) is 40.3 Å². The maximum atomic E-state index is 13.7. The number of hydrazone groups is 1. The van der Waals surface area contributed by atoms with Crippen LogP contribution in [0.1, 0.15) is 25.1 Å². The second-order valence-electron chi connectivity index (χ2n) is 5.07. The quantitative estimate of drug-likeness (QED) is 0.250. The van der Waals surface area contributed by atoms with Crippen LogP contribution < -0.4 is 10.7 Å². The predicted molar refractivity (Wildman–Crippen MR) is 89.6 cm³/mol. The lowest BCUT2D eigenvalue weighted by molar-refractivity contribution is 0.168. The number of hydrogen-bond donors (Lipinski definition) is 2. The first-order valence-corrected chi connectivity index (χ1v) is 8.18. The van der Waals surface area contributed by atoms with Gasteiger partial charge in [0.05, 0.1) is 23.6 Å². The van der Waals surface area contributed by atoms with E-state index in [-0.39, 0.29) is 17.3 Å². The van der Waals surface area contributed by atoms with E-state index in [0.717, 1.165) is 11.5 Å². The fourth-order valence-electron chi connectivity index (χ4n) is 2.04. The second kappa shape index (κ2) is 8.29. The van der Waals surface area contributed by atoms with Crippen LogP contribution in [0, 0.1) is 36.0 Å². The Balaban J connectivity index is 2.35. The van der Waals surface area contributed by atoms with Crippen molar-refractivity contribution >= 4 is 34.0 Å². The number of aromatic nitrogens is 1. The highest BCUT2D eigenvalue weighted by atomic mass is 32.1. The maximum absolute atomic E-state index is 13.7. The standard InChI is InChI=1S/C15H13F5N4O2S/c1-4-26-15(25)21-14-7(6(3)24-27-14)5(2)22-23-13-11(19)9(17)8(16)10(18)12(13)20/h23H,4H2,1-3H3,(H,21,25)/b22-5+. The summed E-state index contributed by atoms with van der Waals surface area (Å²) in [4.78, 5) is 11.5. The third-order valence-electron chi connectivity index (χ3n) is 3.26. The van der Waals surface area contributed by atoms with Gasteiger partial charge in [0.15, 0.2) is 23.3 Å². The minimum atomic E-state index is -2.27. The number of carbonyl (C=O) groups is 1. The molecule has 1 aromatic heterocycles. The largest absolute Gasteiger partial charge is 0.450 e. The number of nitrogens with one attached hydrogen (secondary N) is 2. The van der Waals surface area contributed by atoms with Crippen LogP contribution in [0.5, 0.6) is 0 Å². The highest BCUT2D eigenvalue weighted by molar-refractivity contribution is 7.11. The molecular formula is C15H13F5N4O2S. The molecule has 1 amide bonds. The molecule has 0 fully saturated rings. The summed E-state index contributed by atoms with van der Waals surface area (Å²) in [7, 11) is 0. The summed E-state index contributed by atoms with van der Waals surface area (Å²) in [5, 5.41) is 6.32. The molecule has 0 aliphatic heterocycles. The van der Waals surface area contributed by atoms with E-state index in [1.807, 2.05) is 5.43 Å². The van der Waals surface area contributed by atoms with Crippen molar-refractivity contribution in [2.45, 2.75) is 20.8 Å². The Labute approximate surface area is 154 Å². The number of halogens is 5. The van der Waals surface area contributed by atoms with Crippen LogP contribution in [-0.4, -0.2) is 22.8 Å². The molecule has 0 unspecified atom stereocenters. The topological polar surface area (TPSA) is 75.6 Å². The zero-order valence-corrected chi connectivity index (χ0v) is 15.0. The van der Waals surface area contributed by atoms with Gasteiger partial charge in [0.1, 0.15) is 10.7 Å². The number of benzene rings is 1. The average Bonchev–Trinajstić information content (AvgIpc) is 2.98. The summed E-state index contributed by atoms with van der Waals surface area (Å²) in [5.41, 5.74) is 1.35. The van der Waals surface area contributed by atoms with Gasteiger partial charge in [-0.25, -0.2) is 26.7 Å². The number of carbonyl (C=O) groups excluding carboxylic acids is 1. The lowest BCUT2D eigenvalue weighted by atomic mass is 10.2. The van der Waals surface area contributed by atoms with Gasteiger partial charge in [0, 0.05) is 0 Å². The van der Waals surface area contributed by atoms with Gasteiger partial charge in [-0.1, -0.05) is 0 Å². The molecule has 1 aromatic carbocycles. The molecule has 6 nitrogen and oxygen atoms in total. The summed E-state index contributed by atoms with van der Waals surface area (Å²) >= 11 is 0.905. The summed E-state index contributed by atoms with van der Waals surface area (Å²) < 4.78 is 75.6. The zero-order valence-electron chi connectivity index (χ0n) is 14.2. The Morgan fingerprint density at radius 2 is 1.67 bits per heavy atom. The fourth-order valence-corrected chi connectivity index (χ4v) is 2.87. The van der Waals surface area contributed by atoms with E-state index in [0.29, 0.717) is 11.3 Å². The van der Waals surface area contributed by atoms with Crippen LogP contribution >= 0.6 is 11.5 Å². The van der Waals surface area contributed by atoms with E-state index >= 15 is 0 Å². The van der Waals surface area contributed by atoms with Crippen molar-refractivity contribution in [2.75, 3.05) is 17.3 Å². The maximum Gasteiger partial charge on any atom is 0.412 e. The van der Waals surface area contributed by atoms with Crippen LogP contribution in [0.15, 0.2) is 5.10 Å². The molecule has 0 spiro atoms. The lowest BCUT2D eigenvalue weighted by Gasteiger charge is -2.09. The van der Waals surface area contributed by atoms with Gasteiger partial charge < -0.3 is 4.74 Å². The number of rotatable bonds is 5. The molecule has 0 aliphatic carbocycles. The van der Waals surface area contributed by atoms with Gasteiger partial charge in [-0.2, -0.15) is 9.47 Å². The van der Waals surface area contributed by atoms with E-state index in [1.165, 1.54) is 6.92 Å². The first-order valence-electron chi connectivity index (χ1n) is 7.41. The summed E-state index contributed by atoms with van der Waals surface area (Å²) in [6.07, 6.45) is -0.747. The van der Waals surface area contributed by atoms with Crippen LogP contribution in [0.25, 0.3) is 0 Å². The van der Waals surface area contributed by atoms with E-state index in [9.17, 15) is 26.7 Å². The summed E-state index contributed by atoms with van der Waals surface area (Å²) in [6.45, 7) is 4.72. The second-order valence-corrected chi connectivity index (χ2v) is 5.84. The SMILES string of the molecule is CCOC(=O)Nc1snc(C)c1/C(C)=N/Nc1c(F)c(F)c(F)c(F)c1F. The van der Waals surface area contributed by atoms with E-state index < -0.39 is 40.9 Å². The van der Waals surface area contributed by atoms with E-state index in [4.69, 9.17) is 4.74 Å². The van der Waals surface area contributed by atoms with Crippen LogP contribution in [0.4, 0.5) is 37.4 Å². The Morgan fingerprint density at radius 1 is 1.11 bits per heavy atom. The minimum absolute atomic E-state index is 0.0805. The van der Waals surface area contributed by atoms with Crippen molar-refractivity contribution in [3.63, 3.8) is 0 Å². The molecule has 0 aliphatic rings. The van der Waals surface area contributed by atoms with Crippen molar-refractivity contribution in [1.29, 1.82) is 0 Å². The average molecular weight is 408 g/mol. The van der Waals surface area contributed by atoms with Gasteiger partial charge in [-0.15, -0.1) is 0 Å². The zero-order chi connectivity index (χ0) is 20.3. The smallest absolute Gasteiger partial charge is 0.412 e. The third-order valence-corrected chi connectivity index (χ3v) is 4.11. The monoisotopic (exact) mass is 408 g/mol. The first-order chi connectivity index (χ1) is 12.7. The van der Waals surface area contributed by atoms with Gasteiger partial charge in [0.2, 0.25) is 5.82 Å². The fraction of sp³-hybridized carbons (Fsp3) is 0.267. The third kappa shape index (κ3) is 4.15. The van der Waals surface area contributed by atoms with Crippen molar-refractivity contribution < 1.29 is 31.5 Å². The number of ether oxygens (including phenoxy) is 1. The van der Waals surface area contributed by atoms with Gasteiger partial charge >= 0.3 is 6.09 Å². The normalized spacial score (nSPS) is 11.5. The molecule has 0 saturated heterocycles. The van der Waals surface area contributed by atoms with Gasteiger partial charge in [-0.05, 0) is 32.3 Å². The predicted octanol–water partition coefficient (Wildman–Crippen LogP) is 4.55. The summed E-state index contributed by atoms with van der Waals surface area (Å²) in [6, 6.07) is 0. The Bertz CT molecular complexity index is 887. The molecule has 1 heterocycles.